The highest BCUT2D eigenvalue weighted by molar-refractivity contribution is 5.96. The van der Waals surface area contributed by atoms with Crippen molar-refractivity contribution in [3.63, 3.8) is 0 Å². The number of carbonyl (C=O) groups excluding carboxylic acids is 2. The van der Waals surface area contributed by atoms with Crippen molar-refractivity contribution < 1.29 is 14.3 Å². The fourth-order valence-electron chi connectivity index (χ4n) is 3.69. The summed E-state index contributed by atoms with van der Waals surface area (Å²) in [5.74, 6) is 0.527. The molecule has 3 rings (SSSR count). The van der Waals surface area contributed by atoms with E-state index in [1.807, 2.05) is 31.3 Å². The van der Waals surface area contributed by atoms with Crippen LogP contribution in [0.5, 0.6) is 0 Å². The van der Waals surface area contributed by atoms with Crippen LogP contribution in [0.1, 0.15) is 55.6 Å². The summed E-state index contributed by atoms with van der Waals surface area (Å²) in [6.07, 6.45) is 4.78. The van der Waals surface area contributed by atoms with Gasteiger partial charge >= 0.3 is 6.09 Å². The molecule has 2 heterocycles. The number of nitrogens with one attached hydrogen (secondary N) is 3. The van der Waals surface area contributed by atoms with E-state index < -0.39 is 0 Å². The first-order valence-corrected chi connectivity index (χ1v) is 11.7. The maximum Gasteiger partial charge on any atom is 0.414 e. The summed E-state index contributed by atoms with van der Waals surface area (Å²) < 4.78 is 4.94. The molecule has 1 aromatic carbocycles. The van der Waals surface area contributed by atoms with Crippen LogP contribution in [0.15, 0.2) is 42.7 Å². The average Bonchev–Trinajstić information content (AvgIpc) is 3.25. The smallest absolute Gasteiger partial charge is 0.414 e. The molecule has 1 saturated heterocycles. The molecule has 8 heteroatoms. The molecule has 2 aromatic rings. The highest BCUT2D eigenvalue weighted by Crippen LogP contribution is 2.20. The third-order valence-corrected chi connectivity index (χ3v) is 5.60. The molecule has 1 aliphatic rings. The van der Waals surface area contributed by atoms with E-state index in [1.54, 1.807) is 24.1 Å². The van der Waals surface area contributed by atoms with Crippen LogP contribution in [0.25, 0.3) is 0 Å². The molecule has 1 aliphatic heterocycles. The molecule has 34 heavy (non-hydrogen) atoms. The van der Waals surface area contributed by atoms with Gasteiger partial charge in [-0.2, -0.15) is 0 Å². The van der Waals surface area contributed by atoms with Crippen molar-refractivity contribution in [1.29, 1.82) is 5.41 Å². The first-order valence-electron chi connectivity index (χ1n) is 11.7. The second-order valence-corrected chi connectivity index (χ2v) is 8.70. The summed E-state index contributed by atoms with van der Waals surface area (Å²) >= 11 is 0. The molecule has 0 spiro atoms. The molecule has 8 nitrogen and oxygen atoms in total. The minimum Gasteiger partial charge on any atom is -0.447 e. The Morgan fingerprint density at radius 2 is 1.91 bits per heavy atom. The lowest BCUT2D eigenvalue weighted by atomic mass is 10.0. The molecule has 0 saturated carbocycles. The fraction of sp³-hybridized carbons (Fsp3) is 0.462. The van der Waals surface area contributed by atoms with Gasteiger partial charge in [-0.05, 0) is 62.1 Å². The molecule has 0 aliphatic carbocycles. The van der Waals surface area contributed by atoms with Crippen molar-refractivity contribution in [3.05, 3.63) is 59.4 Å². The predicted octanol–water partition coefficient (Wildman–Crippen LogP) is 4.04. The van der Waals surface area contributed by atoms with E-state index in [-0.39, 0.29) is 18.5 Å². The molecular weight excluding hydrogens is 430 g/mol. The van der Waals surface area contributed by atoms with Crippen LogP contribution in [-0.4, -0.2) is 55.5 Å². The van der Waals surface area contributed by atoms with Gasteiger partial charge in [0.05, 0.1) is 18.7 Å². The summed E-state index contributed by atoms with van der Waals surface area (Å²) in [4.78, 5) is 29.4. The SMILES string of the molecule is CC(=N)CNC(=O)c1cncc(Cc2ccc(N3CCOC3=O)cc2)c1.CCC(NC)C(C)C. The van der Waals surface area contributed by atoms with Gasteiger partial charge < -0.3 is 20.8 Å². The Labute approximate surface area is 202 Å². The lowest BCUT2D eigenvalue weighted by Gasteiger charge is -2.16. The Hall–Kier alpha value is -3.26. The zero-order valence-corrected chi connectivity index (χ0v) is 20.9. The number of benzene rings is 1. The zero-order chi connectivity index (χ0) is 25.1. The number of anilines is 1. The number of carbonyl (C=O) groups is 2. The number of ether oxygens (including phenoxy) is 1. The molecular formula is C26H37N5O3. The molecule has 0 radical (unpaired) electrons. The van der Waals surface area contributed by atoms with Crippen molar-refractivity contribution in [3.8, 4) is 0 Å². The Bertz CT molecular complexity index is 955. The summed E-state index contributed by atoms with van der Waals surface area (Å²) in [6, 6.07) is 10.2. The average molecular weight is 468 g/mol. The largest absolute Gasteiger partial charge is 0.447 e. The molecule has 184 valence electrons. The van der Waals surface area contributed by atoms with Crippen LogP contribution in [0.2, 0.25) is 0 Å². The van der Waals surface area contributed by atoms with Gasteiger partial charge in [-0.25, -0.2) is 4.79 Å². The van der Waals surface area contributed by atoms with E-state index >= 15 is 0 Å². The van der Waals surface area contributed by atoms with Crippen molar-refractivity contribution in [2.24, 2.45) is 5.92 Å². The van der Waals surface area contributed by atoms with E-state index in [0.717, 1.165) is 22.7 Å². The van der Waals surface area contributed by atoms with E-state index in [0.29, 0.717) is 36.9 Å². The van der Waals surface area contributed by atoms with Crippen LogP contribution in [0.3, 0.4) is 0 Å². The van der Waals surface area contributed by atoms with Gasteiger partial charge in [-0.3, -0.25) is 14.7 Å². The van der Waals surface area contributed by atoms with E-state index in [2.05, 4.69) is 36.4 Å². The van der Waals surface area contributed by atoms with Crippen LogP contribution in [0, 0.1) is 11.3 Å². The number of hydrogen-bond donors (Lipinski definition) is 3. The summed E-state index contributed by atoms with van der Waals surface area (Å²) in [7, 11) is 2.02. The second-order valence-electron chi connectivity index (χ2n) is 8.70. The summed E-state index contributed by atoms with van der Waals surface area (Å²) in [6.45, 7) is 9.54. The van der Waals surface area contributed by atoms with Crippen molar-refractivity contribution in [2.45, 2.75) is 46.6 Å². The summed E-state index contributed by atoms with van der Waals surface area (Å²) in [5, 5.41) is 13.3. The van der Waals surface area contributed by atoms with Crippen molar-refractivity contribution in [2.75, 3.05) is 31.6 Å². The number of aromatic nitrogens is 1. The lowest BCUT2D eigenvalue weighted by molar-refractivity contribution is 0.0958. The van der Waals surface area contributed by atoms with Crippen LogP contribution >= 0.6 is 0 Å². The van der Waals surface area contributed by atoms with Gasteiger partial charge in [0, 0.05) is 29.8 Å². The molecule has 1 unspecified atom stereocenters. The van der Waals surface area contributed by atoms with Gasteiger partial charge in [0.2, 0.25) is 0 Å². The molecule has 0 bridgehead atoms. The van der Waals surface area contributed by atoms with Crippen molar-refractivity contribution >= 4 is 23.4 Å². The van der Waals surface area contributed by atoms with E-state index in [4.69, 9.17) is 10.1 Å². The standard InChI is InChI=1S/C19H20N4O3.C7H17N/c1-13(20)10-22-18(24)16-9-15(11-21-12-16)8-14-2-4-17(5-3-14)23-6-7-26-19(23)25;1-5-7(8-4)6(2)3/h2-5,9,11-12,20H,6-8,10H2,1H3,(H,22,24);6-8H,5H2,1-4H3. The predicted molar refractivity (Wildman–Crippen MR) is 136 cm³/mol. The molecule has 1 atom stereocenters. The maximum absolute atomic E-state index is 12.1. The van der Waals surface area contributed by atoms with Crippen molar-refractivity contribution in [1.82, 2.24) is 15.6 Å². The molecule has 1 aromatic heterocycles. The minimum absolute atomic E-state index is 0.226. The van der Waals surface area contributed by atoms with Crippen LogP contribution in [0.4, 0.5) is 10.5 Å². The number of hydrogen-bond acceptors (Lipinski definition) is 6. The lowest BCUT2D eigenvalue weighted by Crippen LogP contribution is -2.29. The van der Waals surface area contributed by atoms with E-state index in [1.165, 1.54) is 12.6 Å². The van der Waals surface area contributed by atoms with Gasteiger partial charge in [0.25, 0.3) is 5.91 Å². The molecule has 3 N–H and O–H groups in total. The number of rotatable bonds is 9. The highest BCUT2D eigenvalue weighted by Gasteiger charge is 2.23. The summed E-state index contributed by atoms with van der Waals surface area (Å²) in [5.41, 5.74) is 3.64. The van der Waals surface area contributed by atoms with E-state index in [9.17, 15) is 9.59 Å². The molecule has 2 amide bonds. The number of cyclic esters (lactones) is 1. The normalized spacial score (nSPS) is 13.7. The third-order valence-electron chi connectivity index (χ3n) is 5.60. The number of nitrogens with zero attached hydrogens (tertiary/aromatic N) is 2. The second kappa shape index (κ2) is 13.4. The Morgan fingerprint density at radius 3 is 2.41 bits per heavy atom. The Balaban J connectivity index is 0.000000440. The first kappa shape index (κ1) is 27.0. The molecule has 1 fully saturated rings. The first-order chi connectivity index (χ1) is 16.2. The van der Waals surface area contributed by atoms with Crippen LogP contribution in [-0.2, 0) is 11.2 Å². The van der Waals surface area contributed by atoms with Gasteiger partial charge in [0.1, 0.15) is 6.61 Å². The van der Waals surface area contributed by atoms with Crippen LogP contribution < -0.4 is 15.5 Å². The topological polar surface area (TPSA) is 107 Å². The number of amides is 2. The monoisotopic (exact) mass is 467 g/mol. The van der Waals surface area contributed by atoms with Gasteiger partial charge in [-0.15, -0.1) is 0 Å². The highest BCUT2D eigenvalue weighted by atomic mass is 16.6. The Kier molecular flexibility index (Phi) is 10.7. The quantitative estimate of drug-likeness (QED) is 0.483. The zero-order valence-electron chi connectivity index (χ0n) is 20.9. The van der Waals surface area contributed by atoms with Gasteiger partial charge in [-0.1, -0.05) is 32.9 Å². The third kappa shape index (κ3) is 8.26. The fourth-order valence-corrected chi connectivity index (χ4v) is 3.69. The maximum atomic E-state index is 12.1. The minimum atomic E-state index is -0.319. The van der Waals surface area contributed by atoms with Gasteiger partial charge in [0.15, 0.2) is 0 Å². The number of pyridine rings is 1. The Morgan fingerprint density at radius 1 is 1.21 bits per heavy atom.